The molecular weight excluding hydrogens is 348 g/mol. The van der Waals surface area contributed by atoms with E-state index in [1.807, 2.05) is 39.5 Å². The average Bonchev–Trinajstić information content (AvgIpc) is 3.04. The number of aromatic nitrogens is 4. The maximum Gasteiger partial charge on any atom is 0.322 e. The zero-order valence-electron chi connectivity index (χ0n) is 14.3. The molecule has 3 heterocycles. The summed E-state index contributed by atoms with van der Waals surface area (Å²) in [4.78, 5) is 19.0. The first-order chi connectivity index (χ1) is 12.8. The number of nitrogens with zero attached hydrogens (tertiary/aromatic N) is 5. The van der Waals surface area contributed by atoms with E-state index in [1.165, 1.54) is 12.8 Å². The number of nitrogens with one attached hydrogen (secondary N) is 1. The second-order valence-corrected chi connectivity index (χ2v) is 7.98. The van der Waals surface area contributed by atoms with Crippen molar-refractivity contribution in [2.75, 3.05) is 11.9 Å². The van der Waals surface area contributed by atoms with Crippen molar-refractivity contribution in [3.63, 3.8) is 0 Å². The summed E-state index contributed by atoms with van der Waals surface area (Å²) in [5.41, 5.74) is 4.69. The van der Waals surface area contributed by atoms with Crippen molar-refractivity contribution in [3.05, 3.63) is 35.6 Å². The third kappa shape index (κ3) is 3.05. The number of hydrogen-bond acceptors (Lipinski definition) is 5. The summed E-state index contributed by atoms with van der Waals surface area (Å²) >= 11 is 1.58. The molecule has 2 fully saturated rings. The summed E-state index contributed by atoms with van der Waals surface area (Å²) in [5, 5.41) is 11.6. The molecule has 2 amide bonds. The van der Waals surface area contributed by atoms with E-state index in [2.05, 4.69) is 20.6 Å². The quantitative estimate of drug-likeness (QED) is 0.765. The van der Waals surface area contributed by atoms with Crippen LogP contribution in [0.3, 0.4) is 0 Å². The van der Waals surface area contributed by atoms with Crippen LogP contribution in [0.4, 0.5) is 10.5 Å². The lowest BCUT2D eigenvalue weighted by molar-refractivity contribution is 0.199. The molecule has 1 N–H and O–H groups in total. The Kier molecular flexibility index (Phi) is 3.85. The number of likely N-dealkylation sites (tertiary alicyclic amines) is 1. The predicted octanol–water partition coefficient (Wildman–Crippen LogP) is 3.46. The average molecular weight is 368 g/mol. The van der Waals surface area contributed by atoms with Gasteiger partial charge in [-0.3, -0.25) is 4.68 Å². The molecule has 0 unspecified atom stereocenters. The third-order valence-electron chi connectivity index (χ3n) is 5.17. The Labute approximate surface area is 155 Å². The fourth-order valence-corrected chi connectivity index (χ4v) is 4.32. The molecule has 1 aromatic carbocycles. The first-order valence-electron chi connectivity index (χ1n) is 9.07. The van der Waals surface area contributed by atoms with Gasteiger partial charge in [-0.1, -0.05) is 5.21 Å². The van der Waals surface area contributed by atoms with Gasteiger partial charge < -0.3 is 10.2 Å². The fraction of sp³-hybridized carbons (Fsp3) is 0.444. The lowest BCUT2D eigenvalue weighted by atomic mass is 10.2. The van der Waals surface area contributed by atoms with Crippen LogP contribution >= 0.6 is 11.3 Å². The van der Waals surface area contributed by atoms with Crippen molar-refractivity contribution >= 4 is 33.3 Å². The van der Waals surface area contributed by atoms with Crippen LogP contribution in [0.2, 0.25) is 0 Å². The van der Waals surface area contributed by atoms with Crippen LogP contribution in [0, 0.1) is 0 Å². The number of amides is 2. The molecule has 0 radical (unpaired) electrons. The standard InChI is InChI=1S/C18H20N6OS/c25-18(20-13-5-6-15-17(8-13)26-11-19-15)24-7-1-2-14(24)9-23-10-16(21-22-23)12-3-4-12/h5-6,8,10-12,14H,1-4,7,9H2,(H,20,25)/t14-/m0/s1. The Balaban J connectivity index is 1.27. The van der Waals surface area contributed by atoms with Gasteiger partial charge in [0.2, 0.25) is 0 Å². The van der Waals surface area contributed by atoms with Crippen LogP contribution in [0.15, 0.2) is 29.9 Å². The van der Waals surface area contributed by atoms with Gasteiger partial charge in [0.1, 0.15) is 0 Å². The molecule has 134 valence electrons. The molecule has 2 aromatic heterocycles. The first-order valence-corrected chi connectivity index (χ1v) is 9.95. The number of carbonyl (C=O) groups excluding carboxylic acids is 1. The SMILES string of the molecule is O=C(Nc1ccc2ncsc2c1)N1CCC[C@H]1Cn1cc(C2CC2)nn1. The Hall–Kier alpha value is -2.48. The second-order valence-electron chi connectivity index (χ2n) is 7.09. The number of benzene rings is 1. The molecule has 26 heavy (non-hydrogen) atoms. The minimum absolute atomic E-state index is 0.0427. The molecule has 3 aromatic rings. The van der Waals surface area contributed by atoms with Crippen molar-refractivity contribution in [1.82, 2.24) is 24.9 Å². The Morgan fingerprint density at radius 3 is 3.12 bits per heavy atom. The summed E-state index contributed by atoms with van der Waals surface area (Å²) in [6.45, 7) is 1.49. The van der Waals surface area contributed by atoms with Crippen LogP contribution < -0.4 is 5.32 Å². The Bertz CT molecular complexity index is 946. The number of hydrogen-bond donors (Lipinski definition) is 1. The zero-order valence-corrected chi connectivity index (χ0v) is 15.2. The van der Waals surface area contributed by atoms with Gasteiger partial charge in [-0.05, 0) is 43.9 Å². The summed E-state index contributed by atoms with van der Waals surface area (Å²) in [7, 11) is 0. The predicted molar refractivity (Wildman–Crippen MR) is 100 cm³/mol. The summed E-state index contributed by atoms with van der Waals surface area (Å²) in [5.74, 6) is 0.605. The van der Waals surface area contributed by atoms with Gasteiger partial charge in [-0.2, -0.15) is 0 Å². The molecule has 0 spiro atoms. The van der Waals surface area contributed by atoms with Gasteiger partial charge in [0.25, 0.3) is 0 Å². The van der Waals surface area contributed by atoms with E-state index >= 15 is 0 Å². The van der Waals surface area contributed by atoms with Gasteiger partial charge in [0, 0.05) is 24.3 Å². The molecule has 2 aliphatic rings. The fourth-order valence-electron chi connectivity index (χ4n) is 3.61. The van der Waals surface area contributed by atoms with Crippen LogP contribution in [-0.4, -0.2) is 43.5 Å². The van der Waals surface area contributed by atoms with E-state index in [4.69, 9.17) is 0 Å². The van der Waals surface area contributed by atoms with Crippen LogP contribution in [-0.2, 0) is 6.54 Å². The second kappa shape index (κ2) is 6.35. The molecule has 7 nitrogen and oxygen atoms in total. The van der Waals surface area contributed by atoms with E-state index in [0.29, 0.717) is 12.5 Å². The third-order valence-corrected chi connectivity index (χ3v) is 5.96. The summed E-state index contributed by atoms with van der Waals surface area (Å²) in [6, 6.07) is 5.95. The van der Waals surface area contributed by atoms with E-state index in [-0.39, 0.29) is 12.1 Å². The van der Waals surface area contributed by atoms with Crippen molar-refractivity contribution in [1.29, 1.82) is 0 Å². The normalized spacial score (nSPS) is 20.0. The van der Waals surface area contributed by atoms with Crippen molar-refractivity contribution in [2.45, 2.75) is 44.2 Å². The van der Waals surface area contributed by atoms with Gasteiger partial charge in [0.05, 0.1) is 34.0 Å². The van der Waals surface area contributed by atoms with Crippen LogP contribution in [0.1, 0.15) is 37.3 Å². The molecular formula is C18H20N6OS. The summed E-state index contributed by atoms with van der Waals surface area (Å²) in [6.07, 6.45) is 6.52. The number of anilines is 1. The van der Waals surface area contributed by atoms with E-state index in [9.17, 15) is 4.79 Å². The van der Waals surface area contributed by atoms with Crippen LogP contribution in [0.5, 0.6) is 0 Å². The highest BCUT2D eigenvalue weighted by atomic mass is 32.1. The zero-order chi connectivity index (χ0) is 17.5. The maximum absolute atomic E-state index is 12.8. The number of fused-ring (bicyclic) bond motifs is 1. The lowest BCUT2D eigenvalue weighted by Gasteiger charge is -2.24. The van der Waals surface area contributed by atoms with E-state index in [1.54, 1.807) is 11.3 Å². The number of rotatable bonds is 4. The van der Waals surface area contributed by atoms with Gasteiger partial charge in [-0.25, -0.2) is 9.78 Å². The Morgan fingerprint density at radius 2 is 2.23 bits per heavy atom. The number of urea groups is 1. The monoisotopic (exact) mass is 368 g/mol. The van der Waals surface area contributed by atoms with Crippen molar-refractivity contribution < 1.29 is 4.79 Å². The number of thiazole rings is 1. The minimum atomic E-state index is -0.0427. The van der Waals surface area contributed by atoms with Crippen molar-refractivity contribution in [2.24, 2.45) is 0 Å². The molecule has 1 aliphatic heterocycles. The minimum Gasteiger partial charge on any atom is -0.320 e. The molecule has 1 atom stereocenters. The molecule has 8 heteroatoms. The molecule has 5 rings (SSSR count). The molecule has 1 saturated heterocycles. The topological polar surface area (TPSA) is 75.9 Å². The van der Waals surface area contributed by atoms with Gasteiger partial charge >= 0.3 is 6.03 Å². The molecule has 1 aliphatic carbocycles. The highest BCUT2D eigenvalue weighted by molar-refractivity contribution is 7.16. The highest BCUT2D eigenvalue weighted by Crippen LogP contribution is 2.38. The first kappa shape index (κ1) is 15.7. The van der Waals surface area contributed by atoms with Crippen LogP contribution in [0.25, 0.3) is 10.2 Å². The largest absolute Gasteiger partial charge is 0.322 e. The Morgan fingerprint density at radius 1 is 1.31 bits per heavy atom. The number of carbonyl (C=O) groups is 1. The van der Waals surface area contributed by atoms with E-state index in [0.717, 1.165) is 41.0 Å². The summed E-state index contributed by atoms with van der Waals surface area (Å²) < 4.78 is 2.98. The smallest absolute Gasteiger partial charge is 0.320 e. The van der Waals surface area contributed by atoms with Gasteiger partial charge in [0.15, 0.2) is 0 Å². The highest BCUT2D eigenvalue weighted by Gasteiger charge is 2.31. The molecule has 1 saturated carbocycles. The van der Waals surface area contributed by atoms with E-state index < -0.39 is 0 Å². The molecule has 0 bridgehead atoms. The maximum atomic E-state index is 12.8. The lowest BCUT2D eigenvalue weighted by Crippen LogP contribution is -2.40. The van der Waals surface area contributed by atoms with Crippen molar-refractivity contribution in [3.8, 4) is 0 Å². The van der Waals surface area contributed by atoms with Gasteiger partial charge in [-0.15, -0.1) is 16.4 Å².